The summed E-state index contributed by atoms with van der Waals surface area (Å²) in [6.07, 6.45) is 2.08. The maximum atomic E-state index is 11.6. The van der Waals surface area contributed by atoms with Gasteiger partial charge in [-0.3, -0.25) is 9.59 Å². The van der Waals surface area contributed by atoms with Crippen LogP contribution in [-0.4, -0.2) is 17.0 Å². The Kier molecular flexibility index (Phi) is 6.06. The molecule has 19 heavy (non-hydrogen) atoms. The summed E-state index contributed by atoms with van der Waals surface area (Å²) in [7, 11) is 0. The first-order valence-corrected chi connectivity index (χ1v) is 6.58. The fraction of sp³-hybridized carbons (Fsp3) is 0.467. The molecule has 0 aliphatic rings. The van der Waals surface area contributed by atoms with Crippen molar-refractivity contribution in [3.8, 4) is 0 Å². The first-order valence-electron chi connectivity index (χ1n) is 6.58. The number of carbonyl (C=O) groups excluding carboxylic acids is 1. The monoisotopic (exact) mass is 263 g/mol. The van der Waals surface area contributed by atoms with Crippen LogP contribution in [-0.2, 0) is 16.0 Å². The fourth-order valence-corrected chi connectivity index (χ4v) is 1.78. The summed E-state index contributed by atoms with van der Waals surface area (Å²) >= 11 is 0. The van der Waals surface area contributed by atoms with Gasteiger partial charge in [-0.25, -0.2) is 0 Å². The van der Waals surface area contributed by atoms with Crippen LogP contribution in [0.3, 0.4) is 0 Å². The van der Waals surface area contributed by atoms with Gasteiger partial charge in [0.25, 0.3) is 0 Å². The minimum atomic E-state index is -0.766. The fourth-order valence-electron chi connectivity index (χ4n) is 1.78. The highest BCUT2D eigenvalue weighted by molar-refractivity contribution is 5.90. The third kappa shape index (κ3) is 6.60. The number of nitrogens with one attached hydrogen (secondary N) is 1. The van der Waals surface area contributed by atoms with Crippen LogP contribution in [0, 0.1) is 5.92 Å². The van der Waals surface area contributed by atoms with Gasteiger partial charge in [-0.2, -0.15) is 0 Å². The van der Waals surface area contributed by atoms with Gasteiger partial charge in [-0.05, 0) is 36.5 Å². The summed E-state index contributed by atoms with van der Waals surface area (Å²) in [5, 5.41) is 11.4. The van der Waals surface area contributed by atoms with Crippen LogP contribution in [0.5, 0.6) is 0 Å². The third-order valence-electron chi connectivity index (χ3n) is 2.69. The Bertz CT molecular complexity index is 424. The average molecular weight is 263 g/mol. The molecule has 0 heterocycles. The maximum Gasteiger partial charge on any atom is 0.303 e. The predicted octanol–water partition coefficient (Wildman–Crippen LogP) is 3.08. The molecule has 0 fully saturated rings. The van der Waals surface area contributed by atoms with Crippen LogP contribution >= 0.6 is 0 Å². The topological polar surface area (TPSA) is 66.4 Å². The highest BCUT2D eigenvalue weighted by Gasteiger charge is 2.05. The van der Waals surface area contributed by atoms with Gasteiger partial charge in [-0.1, -0.05) is 26.0 Å². The molecule has 1 aromatic rings. The maximum absolute atomic E-state index is 11.6. The van der Waals surface area contributed by atoms with E-state index in [2.05, 4.69) is 5.32 Å². The second-order valence-electron chi connectivity index (χ2n) is 5.09. The summed E-state index contributed by atoms with van der Waals surface area (Å²) < 4.78 is 0. The molecule has 1 aromatic carbocycles. The molecule has 0 bridgehead atoms. The lowest BCUT2D eigenvalue weighted by Crippen LogP contribution is -2.13. The van der Waals surface area contributed by atoms with Crippen molar-refractivity contribution in [2.45, 2.75) is 39.5 Å². The van der Waals surface area contributed by atoms with Gasteiger partial charge in [-0.15, -0.1) is 0 Å². The van der Waals surface area contributed by atoms with Gasteiger partial charge in [0, 0.05) is 18.5 Å². The lowest BCUT2D eigenvalue weighted by atomic mass is 10.1. The average Bonchev–Trinajstić information content (AvgIpc) is 2.29. The molecule has 0 radical (unpaired) electrons. The van der Waals surface area contributed by atoms with E-state index in [-0.39, 0.29) is 12.3 Å². The highest BCUT2D eigenvalue weighted by Crippen LogP contribution is 2.13. The molecule has 0 aliphatic carbocycles. The smallest absolute Gasteiger partial charge is 0.303 e. The van der Waals surface area contributed by atoms with E-state index in [1.807, 2.05) is 38.1 Å². The van der Waals surface area contributed by atoms with Crippen molar-refractivity contribution in [3.63, 3.8) is 0 Å². The standard InChI is InChI=1S/C15H21NO3/c1-11(2)10-14(17)16-13-8-6-12(7-9-13)4-3-5-15(18)19/h6-9,11H,3-5,10H2,1-2H3,(H,16,17)(H,18,19). The van der Waals surface area contributed by atoms with Crippen LogP contribution in [0.25, 0.3) is 0 Å². The Hall–Kier alpha value is -1.84. The first-order chi connectivity index (χ1) is 8.97. The van der Waals surface area contributed by atoms with Gasteiger partial charge in [0.2, 0.25) is 5.91 Å². The van der Waals surface area contributed by atoms with Gasteiger partial charge < -0.3 is 10.4 Å². The van der Waals surface area contributed by atoms with E-state index >= 15 is 0 Å². The largest absolute Gasteiger partial charge is 0.481 e. The molecule has 4 heteroatoms. The van der Waals surface area contributed by atoms with Crippen LogP contribution in [0.4, 0.5) is 5.69 Å². The van der Waals surface area contributed by atoms with E-state index in [0.717, 1.165) is 17.7 Å². The molecule has 104 valence electrons. The second-order valence-corrected chi connectivity index (χ2v) is 5.09. The molecule has 0 aliphatic heterocycles. The number of carboxylic acids is 1. The zero-order chi connectivity index (χ0) is 14.3. The van der Waals surface area contributed by atoms with Crippen LogP contribution < -0.4 is 5.32 Å². The Labute approximate surface area is 113 Å². The number of aliphatic carboxylic acids is 1. The SMILES string of the molecule is CC(C)CC(=O)Nc1ccc(CCCC(=O)O)cc1. The van der Waals surface area contributed by atoms with Crippen LogP contribution in [0.15, 0.2) is 24.3 Å². The summed E-state index contributed by atoms with van der Waals surface area (Å²) in [5.74, 6) is -0.401. The number of aryl methyl sites for hydroxylation is 1. The zero-order valence-electron chi connectivity index (χ0n) is 11.5. The molecule has 2 N–H and O–H groups in total. The quantitative estimate of drug-likeness (QED) is 0.794. The van der Waals surface area contributed by atoms with E-state index in [9.17, 15) is 9.59 Å². The van der Waals surface area contributed by atoms with Gasteiger partial charge >= 0.3 is 5.97 Å². The number of amides is 1. The predicted molar refractivity (Wildman–Crippen MR) is 75.1 cm³/mol. The van der Waals surface area contributed by atoms with Crippen molar-refractivity contribution in [1.29, 1.82) is 0 Å². The van der Waals surface area contributed by atoms with Crippen LogP contribution in [0.1, 0.15) is 38.7 Å². The lowest BCUT2D eigenvalue weighted by molar-refractivity contribution is -0.137. The Balaban J connectivity index is 2.43. The zero-order valence-corrected chi connectivity index (χ0v) is 11.5. The number of anilines is 1. The minimum Gasteiger partial charge on any atom is -0.481 e. The van der Waals surface area contributed by atoms with Crippen molar-refractivity contribution in [1.82, 2.24) is 0 Å². The van der Waals surface area contributed by atoms with Crippen molar-refractivity contribution >= 4 is 17.6 Å². The number of carbonyl (C=O) groups is 2. The second kappa shape index (κ2) is 7.56. The van der Waals surface area contributed by atoms with Gasteiger partial charge in [0.05, 0.1) is 0 Å². The third-order valence-corrected chi connectivity index (χ3v) is 2.69. The highest BCUT2D eigenvalue weighted by atomic mass is 16.4. The number of carboxylic acid groups (broad SMARTS) is 1. The molecular formula is C15H21NO3. The molecule has 0 spiro atoms. The van der Waals surface area contributed by atoms with E-state index in [0.29, 0.717) is 18.8 Å². The van der Waals surface area contributed by atoms with Gasteiger partial charge in [0.1, 0.15) is 0 Å². The summed E-state index contributed by atoms with van der Waals surface area (Å²) in [6.45, 7) is 4.01. The first kappa shape index (κ1) is 15.2. The Morgan fingerprint density at radius 3 is 2.37 bits per heavy atom. The summed E-state index contributed by atoms with van der Waals surface area (Å²) in [6, 6.07) is 7.56. The number of hydrogen-bond acceptors (Lipinski definition) is 2. The molecule has 4 nitrogen and oxygen atoms in total. The Morgan fingerprint density at radius 1 is 1.21 bits per heavy atom. The minimum absolute atomic E-state index is 0.0219. The van der Waals surface area contributed by atoms with Crippen molar-refractivity contribution in [2.24, 2.45) is 5.92 Å². The van der Waals surface area contributed by atoms with E-state index in [4.69, 9.17) is 5.11 Å². The van der Waals surface area contributed by atoms with E-state index in [1.54, 1.807) is 0 Å². The van der Waals surface area contributed by atoms with Crippen molar-refractivity contribution in [2.75, 3.05) is 5.32 Å². The molecule has 0 atom stereocenters. The molecule has 0 saturated heterocycles. The van der Waals surface area contributed by atoms with Crippen molar-refractivity contribution < 1.29 is 14.7 Å². The summed E-state index contributed by atoms with van der Waals surface area (Å²) in [5.41, 5.74) is 1.87. The van der Waals surface area contributed by atoms with E-state index in [1.165, 1.54) is 0 Å². The van der Waals surface area contributed by atoms with E-state index < -0.39 is 5.97 Å². The molecule has 1 amide bonds. The molecule has 0 aromatic heterocycles. The number of rotatable bonds is 7. The lowest BCUT2D eigenvalue weighted by Gasteiger charge is -2.08. The summed E-state index contributed by atoms with van der Waals surface area (Å²) in [4.78, 5) is 22.0. The van der Waals surface area contributed by atoms with Gasteiger partial charge in [0.15, 0.2) is 0 Å². The van der Waals surface area contributed by atoms with Crippen LogP contribution in [0.2, 0.25) is 0 Å². The number of benzene rings is 1. The molecule has 0 unspecified atom stereocenters. The molecular weight excluding hydrogens is 242 g/mol. The molecule has 1 rings (SSSR count). The molecule has 0 saturated carbocycles. The Morgan fingerprint density at radius 2 is 1.84 bits per heavy atom. The normalized spacial score (nSPS) is 10.5. The number of hydrogen-bond donors (Lipinski definition) is 2. The van der Waals surface area contributed by atoms with Crippen molar-refractivity contribution in [3.05, 3.63) is 29.8 Å².